The first kappa shape index (κ1) is 8.09. The number of pyridine rings is 1. The molecule has 0 spiro atoms. The second-order valence-corrected chi connectivity index (χ2v) is 3.17. The van der Waals surface area contributed by atoms with Gasteiger partial charge in [0.2, 0.25) is 0 Å². The Morgan fingerprint density at radius 1 is 1.62 bits per heavy atom. The molecule has 2 aromatic rings. The summed E-state index contributed by atoms with van der Waals surface area (Å²) >= 11 is 5.98. The average molecular weight is 192 g/mol. The number of aryl methyl sites for hydroxylation is 1. The highest BCUT2D eigenvalue weighted by Gasteiger charge is 2.06. The highest BCUT2D eigenvalue weighted by Crippen LogP contribution is 2.22. The molecule has 0 amide bonds. The summed E-state index contributed by atoms with van der Waals surface area (Å²) in [6.07, 6.45) is 1.87. The van der Waals surface area contributed by atoms with Crippen LogP contribution in [0, 0.1) is 11.3 Å². The SMILES string of the molecule is Cn1ccc2nc(C#N)cc(Cl)c21. The van der Waals surface area contributed by atoms with E-state index < -0.39 is 0 Å². The first-order valence-corrected chi connectivity index (χ1v) is 4.12. The van der Waals surface area contributed by atoms with Crippen molar-refractivity contribution in [3.05, 3.63) is 29.0 Å². The van der Waals surface area contributed by atoms with E-state index in [-0.39, 0.29) is 0 Å². The van der Waals surface area contributed by atoms with Gasteiger partial charge in [0.25, 0.3) is 0 Å². The number of fused-ring (bicyclic) bond motifs is 1. The van der Waals surface area contributed by atoms with E-state index in [0.29, 0.717) is 10.7 Å². The molecule has 4 heteroatoms. The Bertz CT molecular complexity index is 507. The number of hydrogen-bond acceptors (Lipinski definition) is 2. The predicted octanol–water partition coefficient (Wildman–Crippen LogP) is 2.10. The summed E-state index contributed by atoms with van der Waals surface area (Å²) in [6.45, 7) is 0. The van der Waals surface area contributed by atoms with Crippen LogP contribution in [0.4, 0.5) is 0 Å². The third kappa shape index (κ3) is 1.16. The summed E-state index contributed by atoms with van der Waals surface area (Å²) in [4.78, 5) is 4.11. The third-order valence-electron chi connectivity index (χ3n) is 1.90. The molecule has 2 aromatic heterocycles. The first-order chi connectivity index (χ1) is 6.22. The molecule has 0 aromatic carbocycles. The fraction of sp³-hybridized carbons (Fsp3) is 0.111. The van der Waals surface area contributed by atoms with Gasteiger partial charge in [-0.25, -0.2) is 4.98 Å². The Kier molecular flexibility index (Phi) is 1.71. The zero-order valence-electron chi connectivity index (χ0n) is 6.95. The summed E-state index contributed by atoms with van der Waals surface area (Å²) in [5, 5.41) is 9.21. The third-order valence-corrected chi connectivity index (χ3v) is 2.18. The quantitative estimate of drug-likeness (QED) is 0.640. The van der Waals surface area contributed by atoms with Crippen LogP contribution >= 0.6 is 11.6 Å². The average Bonchev–Trinajstić information content (AvgIpc) is 2.48. The molecule has 0 saturated carbocycles. The molecule has 2 heterocycles. The van der Waals surface area contributed by atoms with E-state index in [2.05, 4.69) is 4.98 Å². The molecule has 3 nitrogen and oxygen atoms in total. The molecular formula is C9H6ClN3. The van der Waals surface area contributed by atoms with Crippen molar-refractivity contribution in [2.24, 2.45) is 7.05 Å². The summed E-state index contributed by atoms with van der Waals surface area (Å²) < 4.78 is 1.88. The molecule has 0 saturated heterocycles. The minimum absolute atomic E-state index is 0.351. The van der Waals surface area contributed by atoms with Crippen LogP contribution in [-0.2, 0) is 7.05 Å². The first-order valence-electron chi connectivity index (χ1n) is 3.74. The van der Waals surface area contributed by atoms with E-state index in [0.717, 1.165) is 11.0 Å². The van der Waals surface area contributed by atoms with Crippen LogP contribution in [0.1, 0.15) is 5.69 Å². The highest BCUT2D eigenvalue weighted by atomic mass is 35.5. The second-order valence-electron chi connectivity index (χ2n) is 2.76. The van der Waals surface area contributed by atoms with Crippen molar-refractivity contribution in [3.8, 4) is 6.07 Å². The van der Waals surface area contributed by atoms with Crippen molar-refractivity contribution in [2.45, 2.75) is 0 Å². The van der Waals surface area contributed by atoms with Gasteiger partial charge in [0, 0.05) is 13.2 Å². The van der Waals surface area contributed by atoms with Gasteiger partial charge in [-0.2, -0.15) is 5.26 Å². The standard InChI is InChI=1S/C9H6ClN3/c1-13-3-2-8-9(13)7(10)4-6(5-11)12-8/h2-4H,1H3. The van der Waals surface area contributed by atoms with Gasteiger partial charge in [-0.3, -0.25) is 0 Å². The second kappa shape index (κ2) is 2.75. The number of rotatable bonds is 0. The van der Waals surface area contributed by atoms with Crippen LogP contribution in [0.25, 0.3) is 11.0 Å². The molecule has 0 N–H and O–H groups in total. The van der Waals surface area contributed by atoms with E-state index >= 15 is 0 Å². The molecular weight excluding hydrogens is 186 g/mol. The lowest BCUT2D eigenvalue weighted by Crippen LogP contribution is -1.88. The van der Waals surface area contributed by atoms with Gasteiger partial charge >= 0.3 is 0 Å². The van der Waals surface area contributed by atoms with Crippen molar-refractivity contribution >= 4 is 22.6 Å². The van der Waals surface area contributed by atoms with Crippen LogP contribution < -0.4 is 0 Å². The Morgan fingerprint density at radius 3 is 3.08 bits per heavy atom. The van der Waals surface area contributed by atoms with Crippen LogP contribution in [0.3, 0.4) is 0 Å². The maximum Gasteiger partial charge on any atom is 0.142 e. The number of aromatic nitrogens is 2. The predicted molar refractivity (Wildman–Crippen MR) is 50.4 cm³/mol. The number of hydrogen-bond donors (Lipinski definition) is 0. The monoisotopic (exact) mass is 191 g/mol. The van der Waals surface area contributed by atoms with Crippen molar-refractivity contribution < 1.29 is 0 Å². The Hall–Kier alpha value is -1.53. The van der Waals surface area contributed by atoms with E-state index in [1.165, 1.54) is 0 Å². The number of nitriles is 1. The van der Waals surface area contributed by atoms with Gasteiger partial charge in [-0.05, 0) is 12.1 Å². The topological polar surface area (TPSA) is 41.6 Å². The summed E-state index contributed by atoms with van der Waals surface area (Å²) in [5.74, 6) is 0. The van der Waals surface area contributed by atoms with E-state index in [4.69, 9.17) is 16.9 Å². The molecule has 0 aliphatic rings. The molecule has 0 unspecified atom stereocenters. The molecule has 2 rings (SSSR count). The van der Waals surface area contributed by atoms with Crippen LogP contribution in [-0.4, -0.2) is 9.55 Å². The van der Waals surface area contributed by atoms with Crippen molar-refractivity contribution in [1.82, 2.24) is 9.55 Å². The van der Waals surface area contributed by atoms with E-state index in [1.807, 2.05) is 29.9 Å². The normalized spacial score (nSPS) is 10.2. The molecule has 0 bridgehead atoms. The Labute approximate surface area is 80.2 Å². The zero-order chi connectivity index (χ0) is 9.42. The zero-order valence-corrected chi connectivity index (χ0v) is 7.71. The Morgan fingerprint density at radius 2 is 2.38 bits per heavy atom. The lowest BCUT2D eigenvalue weighted by Gasteiger charge is -1.98. The van der Waals surface area contributed by atoms with E-state index in [1.54, 1.807) is 6.07 Å². The van der Waals surface area contributed by atoms with Gasteiger partial charge in [-0.15, -0.1) is 0 Å². The minimum Gasteiger partial charge on any atom is -0.348 e. The van der Waals surface area contributed by atoms with Gasteiger partial charge in [0.05, 0.1) is 16.1 Å². The van der Waals surface area contributed by atoms with Gasteiger partial charge in [-0.1, -0.05) is 11.6 Å². The molecule has 0 fully saturated rings. The molecule has 0 aliphatic heterocycles. The van der Waals surface area contributed by atoms with Crippen LogP contribution in [0.2, 0.25) is 5.02 Å². The molecule has 0 radical (unpaired) electrons. The largest absolute Gasteiger partial charge is 0.348 e. The lowest BCUT2D eigenvalue weighted by molar-refractivity contribution is 0.968. The summed E-state index contributed by atoms with van der Waals surface area (Å²) in [5.41, 5.74) is 1.97. The maximum absolute atomic E-state index is 8.65. The van der Waals surface area contributed by atoms with Crippen LogP contribution in [0.5, 0.6) is 0 Å². The van der Waals surface area contributed by atoms with Gasteiger partial charge in [0.1, 0.15) is 11.8 Å². The van der Waals surface area contributed by atoms with Gasteiger partial charge in [0.15, 0.2) is 0 Å². The molecule has 0 aliphatic carbocycles. The molecule has 0 atom stereocenters. The Balaban J connectivity index is 2.89. The number of halogens is 1. The van der Waals surface area contributed by atoms with Gasteiger partial charge < -0.3 is 4.57 Å². The fourth-order valence-corrected chi connectivity index (χ4v) is 1.64. The smallest absolute Gasteiger partial charge is 0.142 e. The fourth-order valence-electron chi connectivity index (χ4n) is 1.31. The summed E-state index contributed by atoms with van der Waals surface area (Å²) in [6, 6.07) is 5.37. The van der Waals surface area contributed by atoms with Crippen LogP contribution in [0.15, 0.2) is 18.3 Å². The molecule has 13 heavy (non-hydrogen) atoms. The van der Waals surface area contributed by atoms with Crippen molar-refractivity contribution in [1.29, 1.82) is 5.26 Å². The molecule has 64 valence electrons. The lowest BCUT2D eigenvalue weighted by atomic mass is 10.3. The summed E-state index contributed by atoms with van der Waals surface area (Å²) in [7, 11) is 1.89. The van der Waals surface area contributed by atoms with Crippen molar-refractivity contribution in [3.63, 3.8) is 0 Å². The highest BCUT2D eigenvalue weighted by molar-refractivity contribution is 6.35. The maximum atomic E-state index is 8.65. The minimum atomic E-state index is 0.351. The van der Waals surface area contributed by atoms with Crippen molar-refractivity contribution in [2.75, 3.05) is 0 Å². The number of nitrogens with zero attached hydrogens (tertiary/aromatic N) is 3. The van der Waals surface area contributed by atoms with E-state index in [9.17, 15) is 0 Å².